The Labute approximate surface area is 112 Å². The number of amides is 1. The fourth-order valence-corrected chi connectivity index (χ4v) is 2.77. The van der Waals surface area contributed by atoms with Crippen LogP contribution >= 0.6 is 0 Å². The molecule has 1 N–H and O–H groups in total. The third-order valence-corrected chi connectivity index (χ3v) is 3.64. The van der Waals surface area contributed by atoms with Gasteiger partial charge >= 0.3 is 6.09 Å². The second-order valence-corrected chi connectivity index (χ2v) is 4.74. The van der Waals surface area contributed by atoms with Crippen molar-refractivity contribution in [2.75, 3.05) is 6.54 Å². The van der Waals surface area contributed by atoms with Crippen LogP contribution in [0.3, 0.4) is 0 Å². The molecule has 1 aliphatic rings. The summed E-state index contributed by atoms with van der Waals surface area (Å²) in [5.74, 6) is 0. The van der Waals surface area contributed by atoms with Crippen LogP contribution in [0.2, 0.25) is 0 Å². The van der Waals surface area contributed by atoms with Crippen molar-refractivity contribution in [2.24, 2.45) is 0 Å². The molecule has 1 heterocycles. The van der Waals surface area contributed by atoms with Crippen LogP contribution in [0.1, 0.15) is 22.7 Å². The zero-order valence-corrected chi connectivity index (χ0v) is 10.5. The van der Waals surface area contributed by atoms with Crippen molar-refractivity contribution in [1.29, 1.82) is 0 Å². The highest BCUT2D eigenvalue weighted by atomic mass is 16.4. The van der Waals surface area contributed by atoms with Gasteiger partial charge in [0.2, 0.25) is 0 Å². The summed E-state index contributed by atoms with van der Waals surface area (Å²) in [6, 6.07) is 17.7. The van der Waals surface area contributed by atoms with Crippen LogP contribution in [-0.2, 0) is 6.42 Å². The highest BCUT2D eigenvalue weighted by molar-refractivity contribution is 5.67. The lowest BCUT2D eigenvalue weighted by Gasteiger charge is -2.35. The number of carbonyl (C=O) groups is 1. The van der Waals surface area contributed by atoms with Gasteiger partial charge in [-0.1, -0.05) is 54.6 Å². The van der Waals surface area contributed by atoms with Gasteiger partial charge in [0, 0.05) is 6.54 Å². The van der Waals surface area contributed by atoms with Crippen LogP contribution in [0.5, 0.6) is 0 Å². The van der Waals surface area contributed by atoms with Crippen molar-refractivity contribution < 1.29 is 9.90 Å². The van der Waals surface area contributed by atoms with Crippen molar-refractivity contribution >= 4 is 6.09 Å². The average molecular weight is 253 g/mol. The number of carboxylic acid groups (broad SMARTS) is 1. The Bertz CT molecular complexity index is 595. The lowest BCUT2D eigenvalue weighted by atomic mass is 9.88. The molecule has 2 aromatic rings. The number of rotatable bonds is 1. The van der Waals surface area contributed by atoms with Crippen molar-refractivity contribution in [3.05, 3.63) is 71.3 Å². The third-order valence-electron chi connectivity index (χ3n) is 3.64. The summed E-state index contributed by atoms with van der Waals surface area (Å²) < 4.78 is 0. The molecule has 3 heteroatoms. The number of nitrogens with zero attached hydrogens (tertiary/aromatic N) is 1. The minimum Gasteiger partial charge on any atom is -0.465 e. The summed E-state index contributed by atoms with van der Waals surface area (Å²) in [4.78, 5) is 13.0. The van der Waals surface area contributed by atoms with E-state index in [0.29, 0.717) is 6.54 Å². The molecule has 3 nitrogen and oxygen atoms in total. The molecule has 1 aliphatic heterocycles. The Morgan fingerprint density at radius 1 is 1.05 bits per heavy atom. The molecular formula is C16H15NO2. The lowest BCUT2D eigenvalue weighted by Crippen LogP contribution is -2.39. The molecule has 0 unspecified atom stereocenters. The van der Waals surface area contributed by atoms with Gasteiger partial charge in [-0.15, -0.1) is 0 Å². The van der Waals surface area contributed by atoms with Gasteiger partial charge in [0.05, 0.1) is 6.04 Å². The zero-order chi connectivity index (χ0) is 13.2. The number of hydrogen-bond acceptors (Lipinski definition) is 1. The molecule has 0 fully saturated rings. The van der Waals surface area contributed by atoms with Crippen molar-refractivity contribution in [1.82, 2.24) is 4.90 Å². The fourth-order valence-electron chi connectivity index (χ4n) is 2.77. The molecule has 0 aromatic heterocycles. The van der Waals surface area contributed by atoms with Crippen LogP contribution < -0.4 is 0 Å². The molecule has 0 aliphatic carbocycles. The first-order valence-electron chi connectivity index (χ1n) is 6.39. The van der Waals surface area contributed by atoms with E-state index in [1.165, 1.54) is 10.5 Å². The summed E-state index contributed by atoms with van der Waals surface area (Å²) in [5.41, 5.74) is 3.37. The third kappa shape index (κ3) is 2.08. The molecule has 0 saturated carbocycles. The zero-order valence-electron chi connectivity index (χ0n) is 10.5. The van der Waals surface area contributed by atoms with Gasteiger partial charge in [0.15, 0.2) is 0 Å². The Kier molecular flexibility index (Phi) is 2.95. The van der Waals surface area contributed by atoms with E-state index in [1.54, 1.807) is 0 Å². The summed E-state index contributed by atoms with van der Waals surface area (Å²) in [5, 5.41) is 9.42. The molecule has 96 valence electrons. The monoisotopic (exact) mass is 253 g/mol. The SMILES string of the molecule is O=C(O)N1CCc2ccccc2[C@@H]1c1ccccc1. The quantitative estimate of drug-likeness (QED) is 0.847. The minimum atomic E-state index is -0.858. The van der Waals surface area contributed by atoms with Crippen LogP contribution in [0, 0.1) is 0 Å². The summed E-state index contributed by atoms with van der Waals surface area (Å²) in [7, 11) is 0. The largest absolute Gasteiger partial charge is 0.465 e. The lowest BCUT2D eigenvalue weighted by molar-refractivity contribution is 0.129. The Balaban J connectivity index is 2.13. The van der Waals surface area contributed by atoms with E-state index in [1.807, 2.05) is 48.5 Å². The van der Waals surface area contributed by atoms with Gasteiger partial charge in [-0.3, -0.25) is 4.90 Å². The Hall–Kier alpha value is -2.29. The first kappa shape index (κ1) is 11.8. The van der Waals surface area contributed by atoms with E-state index >= 15 is 0 Å². The number of fused-ring (bicyclic) bond motifs is 1. The van der Waals surface area contributed by atoms with Gasteiger partial charge in [-0.2, -0.15) is 0 Å². The molecule has 2 aromatic carbocycles. The minimum absolute atomic E-state index is 0.191. The van der Waals surface area contributed by atoms with Crippen LogP contribution in [-0.4, -0.2) is 22.6 Å². The molecule has 1 atom stereocenters. The first-order chi connectivity index (χ1) is 9.27. The van der Waals surface area contributed by atoms with Crippen LogP contribution in [0.15, 0.2) is 54.6 Å². The van der Waals surface area contributed by atoms with E-state index in [4.69, 9.17) is 0 Å². The molecule has 0 saturated heterocycles. The second-order valence-electron chi connectivity index (χ2n) is 4.74. The maximum absolute atomic E-state index is 11.5. The van der Waals surface area contributed by atoms with E-state index in [9.17, 15) is 9.90 Å². The summed E-state index contributed by atoms with van der Waals surface area (Å²) in [6.45, 7) is 0.548. The summed E-state index contributed by atoms with van der Waals surface area (Å²) >= 11 is 0. The smallest absolute Gasteiger partial charge is 0.408 e. The molecule has 1 amide bonds. The maximum Gasteiger partial charge on any atom is 0.408 e. The predicted octanol–water partition coefficient (Wildman–Crippen LogP) is 3.31. The van der Waals surface area contributed by atoms with Gasteiger partial charge < -0.3 is 5.11 Å². The molecule has 19 heavy (non-hydrogen) atoms. The van der Waals surface area contributed by atoms with Crippen LogP contribution in [0.25, 0.3) is 0 Å². The highest BCUT2D eigenvalue weighted by Crippen LogP contribution is 2.34. The number of hydrogen-bond donors (Lipinski definition) is 1. The normalized spacial score (nSPS) is 17.9. The molecule has 3 rings (SSSR count). The van der Waals surface area contributed by atoms with Crippen molar-refractivity contribution in [2.45, 2.75) is 12.5 Å². The van der Waals surface area contributed by atoms with Crippen molar-refractivity contribution in [3.8, 4) is 0 Å². The Morgan fingerprint density at radius 2 is 1.74 bits per heavy atom. The van der Waals surface area contributed by atoms with Crippen molar-refractivity contribution in [3.63, 3.8) is 0 Å². The van der Waals surface area contributed by atoms with E-state index in [-0.39, 0.29) is 6.04 Å². The van der Waals surface area contributed by atoms with Gasteiger partial charge in [-0.25, -0.2) is 4.79 Å². The second kappa shape index (κ2) is 4.76. The maximum atomic E-state index is 11.5. The van der Waals surface area contributed by atoms with Gasteiger partial charge in [-0.05, 0) is 23.1 Å². The topological polar surface area (TPSA) is 40.5 Å². The first-order valence-corrected chi connectivity index (χ1v) is 6.39. The highest BCUT2D eigenvalue weighted by Gasteiger charge is 2.31. The van der Waals surface area contributed by atoms with E-state index in [2.05, 4.69) is 6.07 Å². The fraction of sp³-hybridized carbons (Fsp3) is 0.188. The van der Waals surface area contributed by atoms with E-state index in [0.717, 1.165) is 17.5 Å². The Morgan fingerprint density at radius 3 is 2.47 bits per heavy atom. The predicted molar refractivity (Wildman–Crippen MR) is 73.2 cm³/mol. The summed E-state index contributed by atoms with van der Waals surface area (Å²) in [6.07, 6.45) is -0.0745. The van der Waals surface area contributed by atoms with Gasteiger partial charge in [0.1, 0.15) is 0 Å². The standard InChI is InChI=1S/C16H15NO2/c18-16(19)17-11-10-12-6-4-5-9-14(12)15(17)13-7-2-1-3-8-13/h1-9,15H,10-11H2,(H,18,19)/t15-/m0/s1. The molecular weight excluding hydrogens is 238 g/mol. The average Bonchev–Trinajstić information content (AvgIpc) is 2.46. The van der Waals surface area contributed by atoms with Crippen LogP contribution in [0.4, 0.5) is 4.79 Å². The molecule has 0 spiro atoms. The number of benzene rings is 2. The van der Waals surface area contributed by atoms with Gasteiger partial charge in [0.25, 0.3) is 0 Å². The van der Waals surface area contributed by atoms with E-state index < -0.39 is 6.09 Å². The molecule has 0 radical (unpaired) electrons. The molecule has 0 bridgehead atoms.